The fraction of sp³-hybridized carbons (Fsp3) is 0.857. The summed E-state index contributed by atoms with van der Waals surface area (Å²) < 4.78 is 5.45. The summed E-state index contributed by atoms with van der Waals surface area (Å²) >= 11 is 0. The molecule has 0 amide bonds. The Hall–Kier alpha value is 0.648. The maximum Gasteiger partial charge on any atom is 0.0281 e. The van der Waals surface area contributed by atoms with Crippen LogP contribution in [-0.2, 0) is 25.8 Å². The standard InChI is InChI=1S/C7H13O.W/c1-6-4-3-5-7(2)8-6;/h3,6-7H,4-5H2,1-2H3;/q-1;. The summed E-state index contributed by atoms with van der Waals surface area (Å²) in [5.41, 5.74) is 0. The Morgan fingerprint density at radius 2 is 1.67 bits per heavy atom. The van der Waals surface area contributed by atoms with Gasteiger partial charge < -0.3 is 11.2 Å². The van der Waals surface area contributed by atoms with Crippen LogP contribution in [0.15, 0.2) is 0 Å². The molecule has 0 aromatic heterocycles. The molecule has 1 fully saturated rings. The van der Waals surface area contributed by atoms with Gasteiger partial charge in [-0.15, -0.1) is 0 Å². The van der Waals surface area contributed by atoms with Crippen LogP contribution in [0.2, 0.25) is 0 Å². The minimum Gasteiger partial charge on any atom is -0.381 e. The van der Waals surface area contributed by atoms with E-state index in [0.717, 1.165) is 12.8 Å². The van der Waals surface area contributed by atoms with Gasteiger partial charge in [0.15, 0.2) is 0 Å². The van der Waals surface area contributed by atoms with E-state index < -0.39 is 0 Å². The first kappa shape index (κ1) is 9.65. The second kappa shape index (κ2) is 4.46. The summed E-state index contributed by atoms with van der Waals surface area (Å²) in [5, 5.41) is 0. The zero-order valence-electron chi connectivity index (χ0n) is 5.96. The van der Waals surface area contributed by atoms with E-state index in [2.05, 4.69) is 20.3 Å². The molecule has 0 saturated carbocycles. The van der Waals surface area contributed by atoms with Crippen LogP contribution in [0.5, 0.6) is 0 Å². The van der Waals surface area contributed by atoms with E-state index in [-0.39, 0.29) is 21.1 Å². The normalized spacial score (nSPS) is 35.3. The Morgan fingerprint density at radius 1 is 1.22 bits per heavy atom. The molecule has 0 bridgehead atoms. The van der Waals surface area contributed by atoms with E-state index in [0.29, 0.717) is 12.2 Å². The summed E-state index contributed by atoms with van der Waals surface area (Å²) in [6.07, 6.45) is 5.48. The number of ether oxygens (including phenoxy) is 1. The van der Waals surface area contributed by atoms with Crippen molar-refractivity contribution in [1.29, 1.82) is 0 Å². The summed E-state index contributed by atoms with van der Waals surface area (Å²) in [6, 6.07) is 0. The average molecular weight is 297 g/mol. The first-order chi connectivity index (χ1) is 3.79. The number of hydrogen-bond donors (Lipinski definition) is 0. The monoisotopic (exact) mass is 297 g/mol. The molecule has 1 aliphatic heterocycles. The smallest absolute Gasteiger partial charge is 0.0281 e. The zero-order chi connectivity index (χ0) is 5.98. The Labute approximate surface area is 71.4 Å². The average Bonchev–Trinajstić information content (AvgIpc) is 1.64. The largest absolute Gasteiger partial charge is 0.381 e. The second-order valence-corrected chi connectivity index (χ2v) is 2.52. The van der Waals surface area contributed by atoms with Gasteiger partial charge in [-0.2, -0.15) is 12.8 Å². The molecule has 0 aromatic rings. The number of hydrogen-bond acceptors (Lipinski definition) is 1. The van der Waals surface area contributed by atoms with E-state index in [1.165, 1.54) is 0 Å². The fourth-order valence-corrected chi connectivity index (χ4v) is 1.07. The fourth-order valence-electron chi connectivity index (χ4n) is 1.07. The number of rotatable bonds is 0. The van der Waals surface area contributed by atoms with Crippen molar-refractivity contribution in [2.75, 3.05) is 0 Å². The molecule has 0 aromatic carbocycles. The molecule has 0 radical (unpaired) electrons. The summed E-state index contributed by atoms with van der Waals surface area (Å²) in [5.74, 6) is 0. The molecule has 0 N–H and O–H groups in total. The molecule has 1 saturated heterocycles. The van der Waals surface area contributed by atoms with Crippen LogP contribution in [0.25, 0.3) is 0 Å². The Bertz CT molecular complexity index is 67.3. The third-order valence-electron chi connectivity index (χ3n) is 1.46. The molecule has 1 nitrogen and oxygen atoms in total. The molecule has 2 atom stereocenters. The zero-order valence-corrected chi connectivity index (χ0v) is 8.90. The van der Waals surface area contributed by atoms with Gasteiger partial charge in [-0.3, -0.25) is 0 Å². The van der Waals surface area contributed by atoms with Crippen molar-refractivity contribution in [3.63, 3.8) is 0 Å². The van der Waals surface area contributed by atoms with Gasteiger partial charge in [-0.25, -0.2) is 0 Å². The van der Waals surface area contributed by atoms with Crippen molar-refractivity contribution in [1.82, 2.24) is 0 Å². The Kier molecular flexibility index (Phi) is 4.78. The maximum absolute atomic E-state index is 5.45. The van der Waals surface area contributed by atoms with Gasteiger partial charge in [0, 0.05) is 33.3 Å². The molecule has 2 heteroatoms. The molecule has 2 unspecified atom stereocenters. The van der Waals surface area contributed by atoms with E-state index in [4.69, 9.17) is 4.74 Å². The predicted octanol–water partition coefficient (Wildman–Crippen LogP) is 1.78. The van der Waals surface area contributed by atoms with Crippen molar-refractivity contribution in [2.45, 2.75) is 38.9 Å². The van der Waals surface area contributed by atoms with Crippen LogP contribution >= 0.6 is 0 Å². The molecule has 54 valence electrons. The first-order valence-corrected chi connectivity index (χ1v) is 3.26. The van der Waals surface area contributed by atoms with Gasteiger partial charge in [0.25, 0.3) is 0 Å². The van der Waals surface area contributed by atoms with Gasteiger partial charge in [0.1, 0.15) is 0 Å². The van der Waals surface area contributed by atoms with Crippen molar-refractivity contribution < 1.29 is 25.8 Å². The van der Waals surface area contributed by atoms with Crippen molar-refractivity contribution >= 4 is 0 Å². The quantitative estimate of drug-likeness (QED) is 0.619. The van der Waals surface area contributed by atoms with Crippen LogP contribution in [0, 0.1) is 6.42 Å². The van der Waals surface area contributed by atoms with Gasteiger partial charge in [0.2, 0.25) is 0 Å². The topological polar surface area (TPSA) is 9.23 Å². The Balaban J connectivity index is 0.000000640. The SMILES string of the molecule is CC1C[CH-]CC(C)O1.[W]. The molecule has 0 spiro atoms. The van der Waals surface area contributed by atoms with E-state index >= 15 is 0 Å². The molecular weight excluding hydrogens is 284 g/mol. The van der Waals surface area contributed by atoms with Crippen molar-refractivity contribution in [3.05, 3.63) is 6.42 Å². The van der Waals surface area contributed by atoms with Crippen LogP contribution in [0.1, 0.15) is 26.7 Å². The summed E-state index contributed by atoms with van der Waals surface area (Å²) in [6.45, 7) is 4.23. The van der Waals surface area contributed by atoms with Gasteiger partial charge in [-0.05, 0) is 13.8 Å². The third kappa shape index (κ3) is 3.37. The predicted molar refractivity (Wildman–Crippen MR) is 33.5 cm³/mol. The summed E-state index contributed by atoms with van der Waals surface area (Å²) in [7, 11) is 0. The maximum atomic E-state index is 5.45. The van der Waals surface area contributed by atoms with Crippen LogP contribution in [0.4, 0.5) is 0 Å². The van der Waals surface area contributed by atoms with E-state index in [1.807, 2.05) is 0 Å². The second-order valence-electron chi connectivity index (χ2n) is 2.52. The van der Waals surface area contributed by atoms with Gasteiger partial charge in [0.05, 0.1) is 0 Å². The minimum atomic E-state index is 0. The third-order valence-corrected chi connectivity index (χ3v) is 1.46. The van der Waals surface area contributed by atoms with Gasteiger partial charge >= 0.3 is 0 Å². The van der Waals surface area contributed by atoms with Gasteiger partial charge in [-0.1, -0.05) is 0 Å². The van der Waals surface area contributed by atoms with Crippen molar-refractivity contribution in [3.8, 4) is 0 Å². The molecule has 0 aliphatic carbocycles. The van der Waals surface area contributed by atoms with Crippen LogP contribution in [-0.4, -0.2) is 12.2 Å². The van der Waals surface area contributed by atoms with E-state index in [9.17, 15) is 0 Å². The first-order valence-electron chi connectivity index (χ1n) is 3.26. The molecular formula is C7H13OW-. The molecule has 9 heavy (non-hydrogen) atoms. The molecule has 1 aliphatic rings. The Morgan fingerprint density at radius 3 is 1.89 bits per heavy atom. The van der Waals surface area contributed by atoms with Crippen LogP contribution in [0.3, 0.4) is 0 Å². The van der Waals surface area contributed by atoms with Crippen LogP contribution < -0.4 is 0 Å². The molecule has 1 rings (SSSR count). The van der Waals surface area contributed by atoms with E-state index in [1.54, 1.807) is 0 Å². The summed E-state index contributed by atoms with van der Waals surface area (Å²) in [4.78, 5) is 0. The minimum absolute atomic E-state index is 0. The van der Waals surface area contributed by atoms with Crippen molar-refractivity contribution in [2.24, 2.45) is 0 Å². The molecule has 1 heterocycles.